The molecular weight excluding hydrogens is 361 g/mol. The lowest BCUT2D eigenvalue weighted by atomic mass is 10.1. The van der Waals surface area contributed by atoms with Crippen molar-refractivity contribution in [1.29, 1.82) is 0 Å². The third kappa shape index (κ3) is 7.03. The van der Waals surface area contributed by atoms with Crippen molar-refractivity contribution in [3.8, 4) is 5.75 Å². The van der Waals surface area contributed by atoms with Gasteiger partial charge in [-0.1, -0.05) is 0 Å². The predicted molar refractivity (Wildman–Crippen MR) is 95.5 cm³/mol. The second-order valence-corrected chi connectivity index (χ2v) is 7.79. The van der Waals surface area contributed by atoms with Crippen LogP contribution in [0.5, 0.6) is 5.75 Å². The molecular formula is C19H27F3N2O3. The Bertz CT molecular complexity index is 657. The van der Waals surface area contributed by atoms with Gasteiger partial charge in [-0.15, -0.1) is 0 Å². The van der Waals surface area contributed by atoms with Gasteiger partial charge in [-0.2, -0.15) is 13.2 Å². The SMILES string of the molecule is C[C@H]1CN(Cc2cc(C(F)(F)F)ccc2OCC(=O)OC(C)(C)C)CCN1. The number of nitrogens with zero attached hydrogens (tertiary/aromatic N) is 1. The molecule has 0 spiro atoms. The van der Waals surface area contributed by atoms with Gasteiger partial charge in [-0.25, -0.2) is 4.79 Å². The first-order valence-corrected chi connectivity index (χ1v) is 8.94. The molecule has 8 heteroatoms. The van der Waals surface area contributed by atoms with Crippen molar-refractivity contribution in [2.45, 2.75) is 52.1 Å². The minimum absolute atomic E-state index is 0.260. The molecule has 1 atom stereocenters. The molecule has 0 bridgehead atoms. The maximum Gasteiger partial charge on any atom is 0.416 e. The van der Waals surface area contributed by atoms with Crippen LogP contribution in [0, 0.1) is 0 Å². The molecule has 1 heterocycles. The third-order valence-electron chi connectivity index (χ3n) is 4.00. The van der Waals surface area contributed by atoms with Crippen LogP contribution in [0.25, 0.3) is 0 Å². The van der Waals surface area contributed by atoms with Crippen LogP contribution in [0.15, 0.2) is 18.2 Å². The lowest BCUT2D eigenvalue weighted by Crippen LogP contribution is -2.48. The summed E-state index contributed by atoms with van der Waals surface area (Å²) >= 11 is 0. The number of ether oxygens (including phenoxy) is 2. The van der Waals surface area contributed by atoms with Gasteiger partial charge in [0.25, 0.3) is 0 Å². The van der Waals surface area contributed by atoms with Crippen molar-refractivity contribution in [3.05, 3.63) is 29.3 Å². The summed E-state index contributed by atoms with van der Waals surface area (Å²) in [5.74, 6) is -0.302. The van der Waals surface area contributed by atoms with Crippen LogP contribution >= 0.6 is 0 Å². The van der Waals surface area contributed by atoms with E-state index in [-0.39, 0.29) is 18.4 Å². The number of nitrogens with one attached hydrogen (secondary N) is 1. The Morgan fingerprint density at radius 1 is 1.30 bits per heavy atom. The number of halogens is 3. The average Bonchev–Trinajstić information content (AvgIpc) is 2.51. The van der Waals surface area contributed by atoms with Gasteiger partial charge in [-0.3, -0.25) is 4.90 Å². The Labute approximate surface area is 157 Å². The molecule has 0 radical (unpaired) electrons. The Morgan fingerprint density at radius 3 is 2.59 bits per heavy atom. The Hall–Kier alpha value is -1.80. The highest BCUT2D eigenvalue weighted by Gasteiger charge is 2.31. The van der Waals surface area contributed by atoms with E-state index >= 15 is 0 Å². The van der Waals surface area contributed by atoms with Crippen molar-refractivity contribution < 1.29 is 27.4 Å². The topological polar surface area (TPSA) is 50.8 Å². The molecule has 0 amide bonds. The molecule has 0 unspecified atom stereocenters. The van der Waals surface area contributed by atoms with Gasteiger partial charge in [0.2, 0.25) is 0 Å². The van der Waals surface area contributed by atoms with E-state index in [9.17, 15) is 18.0 Å². The highest BCUT2D eigenvalue weighted by molar-refractivity contribution is 5.71. The average molecular weight is 388 g/mol. The summed E-state index contributed by atoms with van der Waals surface area (Å²) in [4.78, 5) is 13.9. The molecule has 2 rings (SSSR count). The van der Waals surface area contributed by atoms with Crippen LogP contribution in [-0.4, -0.2) is 48.8 Å². The summed E-state index contributed by atoms with van der Waals surface area (Å²) in [7, 11) is 0. The third-order valence-corrected chi connectivity index (χ3v) is 4.00. The summed E-state index contributed by atoms with van der Waals surface area (Å²) in [6, 6.07) is 3.59. The highest BCUT2D eigenvalue weighted by atomic mass is 19.4. The smallest absolute Gasteiger partial charge is 0.416 e. The summed E-state index contributed by atoms with van der Waals surface area (Å²) in [6.45, 7) is 9.42. The van der Waals surface area contributed by atoms with E-state index in [0.717, 1.165) is 31.8 Å². The largest absolute Gasteiger partial charge is 0.482 e. The van der Waals surface area contributed by atoms with Crippen molar-refractivity contribution in [2.24, 2.45) is 0 Å². The lowest BCUT2D eigenvalue weighted by Gasteiger charge is -2.32. The first kappa shape index (κ1) is 21.5. The van der Waals surface area contributed by atoms with Crippen molar-refractivity contribution >= 4 is 5.97 Å². The van der Waals surface area contributed by atoms with E-state index in [1.165, 1.54) is 6.07 Å². The normalized spacial score (nSPS) is 19.0. The summed E-state index contributed by atoms with van der Waals surface area (Å²) in [5.41, 5.74) is -0.979. The van der Waals surface area contributed by atoms with Gasteiger partial charge in [-0.05, 0) is 45.9 Å². The maximum absolute atomic E-state index is 13.1. The van der Waals surface area contributed by atoms with E-state index in [4.69, 9.17) is 9.47 Å². The number of carbonyl (C=O) groups is 1. The summed E-state index contributed by atoms with van der Waals surface area (Å²) < 4.78 is 50.0. The van der Waals surface area contributed by atoms with E-state index in [1.807, 2.05) is 6.92 Å². The zero-order valence-corrected chi connectivity index (χ0v) is 16.2. The Balaban J connectivity index is 2.15. The van der Waals surface area contributed by atoms with Crippen LogP contribution < -0.4 is 10.1 Å². The van der Waals surface area contributed by atoms with Gasteiger partial charge in [0.05, 0.1) is 5.56 Å². The predicted octanol–water partition coefficient (Wildman–Crippen LogP) is 3.22. The first-order valence-electron chi connectivity index (χ1n) is 8.94. The zero-order chi connectivity index (χ0) is 20.2. The molecule has 1 aliphatic rings. The van der Waals surface area contributed by atoms with Gasteiger partial charge < -0.3 is 14.8 Å². The Kier molecular flexibility index (Phi) is 6.75. The standard InChI is InChI=1S/C19H27F3N2O3/c1-13-10-24(8-7-23-13)11-14-9-15(19(20,21)22)5-6-16(14)26-12-17(25)27-18(2,3)4/h5-6,9,13,23H,7-8,10-12H2,1-4H3/t13-/m0/s1. The van der Waals surface area contributed by atoms with Crippen molar-refractivity contribution in [1.82, 2.24) is 10.2 Å². The molecule has 152 valence electrons. The molecule has 5 nitrogen and oxygen atoms in total. The van der Waals surface area contributed by atoms with Crippen LogP contribution in [0.3, 0.4) is 0 Å². The number of rotatable bonds is 5. The minimum atomic E-state index is -4.44. The number of benzene rings is 1. The summed E-state index contributed by atoms with van der Waals surface area (Å²) in [6.07, 6.45) is -4.44. The number of alkyl halides is 3. The fraction of sp³-hybridized carbons (Fsp3) is 0.632. The molecule has 0 aliphatic carbocycles. The molecule has 1 aliphatic heterocycles. The van der Waals surface area contributed by atoms with Crippen LogP contribution in [0.1, 0.15) is 38.8 Å². The highest BCUT2D eigenvalue weighted by Crippen LogP contribution is 2.33. The van der Waals surface area contributed by atoms with E-state index in [0.29, 0.717) is 12.1 Å². The quantitative estimate of drug-likeness (QED) is 0.785. The first-order chi connectivity index (χ1) is 12.4. The number of carbonyl (C=O) groups excluding carboxylic acids is 1. The zero-order valence-electron chi connectivity index (χ0n) is 16.2. The minimum Gasteiger partial charge on any atom is -0.482 e. The number of esters is 1. The number of piperazine rings is 1. The van der Waals surface area contributed by atoms with Gasteiger partial charge >= 0.3 is 12.1 Å². The molecule has 27 heavy (non-hydrogen) atoms. The second kappa shape index (κ2) is 8.48. The number of hydrogen-bond donors (Lipinski definition) is 1. The molecule has 1 N–H and O–H groups in total. The van der Waals surface area contributed by atoms with Gasteiger partial charge in [0.1, 0.15) is 11.4 Å². The van der Waals surface area contributed by atoms with Gasteiger partial charge in [0.15, 0.2) is 6.61 Å². The van der Waals surface area contributed by atoms with Crippen molar-refractivity contribution in [3.63, 3.8) is 0 Å². The lowest BCUT2D eigenvalue weighted by molar-refractivity contribution is -0.157. The fourth-order valence-corrected chi connectivity index (χ4v) is 2.92. The van der Waals surface area contributed by atoms with Crippen LogP contribution in [0.2, 0.25) is 0 Å². The van der Waals surface area contributed by atoms with E-state index < -0.39 is 23.3 Å². The molecule has 1 aromatic rings. The maximum atomic E-state index is 13.1. The monoisotopic (exact) mass is 388 g/mol. The molecule has 1 fully saturated rings. The van der Waals surface area contributed by atoms with Crippen LogP contribution in [0.4, 0.5) is 13.2 Å². The Morgan fingerprint density at radius 2 is 2.00 bits per heavy atom. The van der Waals surface area contributed by atoms with Crippen molar-refractivity contribution in [2.75, 3.05) is 26.2 Å². The molecule has 0 aromatic heterocycles. The van der Waals surface area contributed by atoms with E-state index in [2.05, 4.69) is 10.2 Å². The van der Waals surface area contributed by atoms with Gasteiger partial charge in [0, 0.05) is 37.8 Å². The fourth-order valence-electron chi connectivity index (χ4n) is 2.92. The molecule has 1 saturated heterocycles. The molecule has 1 aromatic carbocycles. The number of hydrogen-bond acceptors (Lipinski definition) is 5. The second-order valence-electron chi connectivity index (χ2n) is 7.79. The van der Waals surface area contributed by atoms with E-state index in [1.54, 1.807) is 20.8 Å². The summed E-state index contributed by atoms with van der Waals surface area (Å²) in [5, 5.41) is 3.30. The molecule has 0 saturated carbocycles. The van der Waals surface area contributed by atoms with Crippen LogP contribution in [-0.2, 0) is 22.3 Å².